The fourth-order valence-corrected chi connectivity index (χ4v) is 3.97. The molecule has 2 N–H and O–H groups in total. The molecule has 150 valence electrons. The highest BCUT2D eigenvalue weighted by Crippen LogP contribution is 2.22. The van der Waals surface area contributed by atoms with E-state index in [-0.39, 0.29) is 17.4 Å². The Labute approximate surface area is 178 Å². The second-order valence-corrected chi connectivity index (χ2v) is 8.80. The monoisotopic (exact) mass is 474 g/mol. The molecule has 0 aliphatic heterocycles. The lowest BCUT2D eigenvalue weighted by Gasteiger charge is -2.11. The van der Waals surface area contributed by atoms with Crippen LogP contribution in [0.25, 0.3) is 0 Å². The minimum Gasteiger partial charge on any atom is -0.484 e. The first-order valence-electron chi connectivity index (χ1n) is 8.70. The van der Waals surface area contributed by atoms with Gasteiger partial charge in [-0.25, -0.2) is 8.42 Å². The SMILES string of the molecule is Cc1cccc(NS(=O)(=O)c2ccc(OCC(=O)Nc3ccccc3Br)cc2)c1. The molecule has 1 amide bonds. The van der Waals surface area contributed by atoms with Crippen molar-refractivity contribution in [2.24, 2.45) is 0 Å². The summed E-state index contributed by atoms with van der Waals surface area (Å²) in [5, 5.41) is 2.73. The molecule has 0 heterocycles. The Morgan fingerprint density at radius 3 is 2.41 bits per heavy atom. The van der Waals surface area contributed by atoms with Gasteiger partial charge in [-0.3, -0.25) is 9.52 Å². The number of sulfonamides is 1. The van der Waals surface area contributed by atoms with Gasteiger partial charge in [0.05, 0.1) is 10.6 Å². The van der Waals surface area contributed by atoms with Crippen molar-refractivity contribution in [2.45, 2.75) is 11.8 Å². The Balaban J connectivity index is 1.59. The van der Waals surface area contributed by atoms with Crippen molar-refractivity contribution in [3.05, 3.63) is 82.8 Å². The van der Waals surface area contributed by atoms with Crippen LogP contribution in [0.5, 0.6) is 5.75 Å². The fourth-order valence-electron chi connectivity index (χ4n) is 2.54. The quantitative estimate of drug-likeness (QED) is 0.524. The first-order valence-corrected chi connectivity index (χ1v) is 11.0. The molecule has 0 aliphatic rings. The van der Waals surface area contributed by atoms with Gasteiger partial charge in [-0.2, -0.15) is 0 Å². The van der Waals surface area contributed by atoms with Crippen LogP contribution in [0.1, 0.15) is 5.56 Å². The van der Waals surface area contributed by atoms with Crippen LogP contribution in [0.4, 0.5) is 11.4 Å². The molecule has 0 aromatic heterocycles. The summed E-state index contributed by atoms with van der Waals surface area (Å²) in [5.41, 5.74) is 2.09. The van der Waals surface area contributed by atoms with Crippen LogP contribution in [-0.2, 0) is 14.8 Å². The minimum absolute atomic E-state index is 0.101. The number of para-hydroxylation sites is 1. The number of carbonyl (C=O) groups excluding carboxylic acids is 1. The van der Waals surface area contributed by atoms with E-state index in [2.05, 4.69) is 26.0 Å². The van der Waals surface area contributed by atoms with E-state index in [0.717, 1.165) is 10.0 Å². The van der Waals surface area contributed by atoms with E-state index in [1.807, 2.05) is 31.2 Å². The molecule has 0 aliphatic carbocycles. The number of rotatable bonds is 7. The van der Waals surface area contributed by atoms with Crippen LogP contribution in [-0.4, -0.2) is 20.9 Å². The van der Waals surface area contributed by atoms with Crippen molar-refractivity contribution < 1.29 is 17.9 Å². The summed E-state index contributed by atoms with van der Waals surface area (Å²) in [4.78, 5) is 12.1. The third-order valence-electron chi connectivity index (χ3n) is 3.92. The number of nitrogens with one attached hydrogen (secondary N) is 2. The summed E-state index contributed by atoms with van der Waals surface area (Å²) >= 11 is 3.36. The van der Waals surface area contributed by atoms with Crippen molar-refractivity contribution in [1.29, 1.82) is 0 Å². The maximum absolute atomic E-state index is 12.5. The van der Waals surface area contributed by atoms with Crippen LogP contribution in [0, 0.1) is 6.92 Å². The third-order valence-corrected chi connectivity index (χ3v) is 6.01. The average molecular weight is 475 g/mol. The maximum atomic E-state index is 12.5. The van der Waals surface area contributed by atoms with E-state index < -0.39 is 10.0 Å². The van der Waals surface area contributed by atoms with Crippen molar-refractivity contribution in [3.8, 4) is 5.75 Å². The Bertz CT molecular complexity index is 1120. The van der Waals surface area contributed by atoms with Crippen LogP contribution in [0.2, 0.25) is 0 Å². The predicted molar refractivity (Wildman–Crippen MR) is 117 cm³/mol. The topological polar surface area (TPSA) is 84.5 Å². The lowest BCUT2D eigenvalue weighted by atomic mass is 10.2. The van der Waals surface area contributed by atoms with Crippen molar-refractivity contribution in [2.75, 3.05) is 16.6 Å². The first-order chi connectivity index (χ1) is 13.8. The molecule has 0 fully saturated rings. The van der Waals surface area contributed by atoms with Gasteiger partial charge in [0, 0.05) is 10.2 Å². The molecule has 0 atom stereocenters. The Morgan fingerprint density at radius 2 is 1.72 bits per heavy atom. The van der Waals surface area contributed by atoms with Gasteiger partial charge in [-0.15, -0.1) is 0 Å². The van der Waals surface area contributed by atoms with Crippen LogP contribution in [0.3, 0.4) is 0 Å². The second-order valence-electron chi connectivity index (χ2n) is 6.26. The molecule has 3 rings (SSSR count). The molecule has 0 spiro atoms. The van der Waals surface area contributed by atoms with E-state index in [0.29, 0.717) is 17.1 Å². The number of benzene rings is 3. The van der Waals surface area contributed by atoms with Crippen molar-refractivity contribution >= 4 is 43.2 Å². The molecule has 8 heteroatoms. The van der Waals surface area contributed by atoms with Gasteiger partial charge >= 0.3 is 0 Å². The van der Waals surface area contributed by atoms with E-state index in [9.17, 15) is 13.2 Å². The van der Waals surface area contributed by atoms with E-state index >= 15 is 0 Å². The molecule has 3 aromatic rings. The van der Waals surface area contributed by atoms with Gasteiger partial charge in [-0.05, 0) is 76.9 Å². The van der Waals surface area contributed by atoms with E-state index in [1.54, 1.807) is 24.3 Å². The number of hydrogen-bond donors (Lipinski definition) is 2. The Morgan fingerprint density at radius 1 is 1.00 bits per heavy atom. The molecule has 0 saturated carbocycles. The highest BCUT2D eigenvalue weighted by Gasteiger charge is 2.14. The highest BCUT2D eigenvalue weighted by atomic mass is 79.9. The normalized spacial score (nSPS) is 11.0. The second kappa shape index (κ2) is 9.11. The summed E-state index contributed by atoms with van der Waals surface area (Å²) in [6, 6.07) is 20.2. The van der Waals surface area contributed by atoms with Gasteiger partial charge in [0.25, 0.3) is 15.9 Å². The van der Waals surface area contributed by atoms with Gasteiger partial charge in [0.2, 0.25) is 0 Å². The molecule has 0 radical (unpaired) electrons. The molecule has 0 bridgehead atoms. The molecule has 0 saturated heterocycles. The molecular weight excluding hydrogens is 456 g/mol. The summed E-state index contributed by atoms with van der Waals surface area (Å²) in [5.74, 6) is 0.0662. The average Bonchev–Trinajstić information content (AvgIpc) is 2.68. The molecular formula is C21H19BrN2O4S. The Hall–Kier alpha value is -2.84. The summed E-state index contributed by atoms with van der Waals surface area (Å²) in [6.07, 6.45) is 0. The zero-order chi connectivity index (χ0) is 20.9. The van der Waals surface area contributed by atoms with Crippen LogP contribution in [0.15, 0.2) is 82.2 Å². The first kappa shape index (κ1) is 20.9. The predicted octanol–water partition coefficient (Wildman–Crippen LogP) is 4.58. The summed E-state index contributed by atoms with van der Waals surface area (Å²) in [6.45, 7) is 1.69. The smallest absolute Gasteiger partial charge is 0.262 e. The van der Waals surface area contributed by atoms with Crippen molar-refractivity contribution in [3.63, 3.8) is 0 Å². The highest BCUT2D eigenvalue weighted by molar-refractivity contribution is 9.10. The molecule has 3 aromatic carbocycles. The zero-order valence-corrected chi connectivity index (χ0v) is 18.0. The van der Waals surface area contributed by atoms with E-state index in [1.165, 1.54) is 24.3 Å². The number of aryl methyl sites for hydroxylation is 1. The van der Waals surface area contributed by atoms with Gasteiger partial charge in [0.1, 0.15) is 5.75 Å². The minimum atomic E-state index is -3.71. The van der Waals surface area contributed by atoms with Gasteiger partial charge < -0.3 is 10.1 Å². The van der Waals surface area contributed by atoms with Crippen molar-refractivity contribution in [1.82, 2.24) is 0 Å². The molecule has 0 unspecified atom stereocenters. The van der Waals surface area contributed by atoms with Gasteiger partial charge in [0.15, 0.2) is 6.61 Å². The number of ether oxygens (including phenoxy) is 1. The lowest BCUT2D eigenvalue weighted by Crippen LogP contribution is -2.20. The zero-order valence-electron chi connectivity index (χ0n) is 15.6. The molecule has 29 heavy (non-hydrogen) atoms. The lowest BCUT2D eigenvalue weighted by molar-refractivity contribution is -0.118. The van der Waals surface area contributed by atoms with Crippen LogP contribution < -0.4 is 14.8 Å². The number of hydrogen-bond acceptors (Lipinski definition) is 4. The number of anilines is 2. The summed E-state index contributed by atoms with van der Waals surface area (Å²) < 4.78 is 33.8. The summed E-state index contributed by atoms with van der Waals surface area (Å²) in [7, 11) is -3.71. The number of carbonyl (C=O) groups is 1. The molecule has 6 nitrogen and oxygen atoms in total. The van der Waals surface area contributed by atoms with E-state index in [4.69, 9.17) is 4.74 Å². The number of amides is 1. The van der Waals surface area contributed by atoms with Crippen LogP contribution >= 0.6 is 15.9 Å². The third kappa shape index (κ3) is 5.82. The fraction of sp³-hybridized carbons (Fsp3) is 0.0952. The maximum Gasteiger partial charge on any atom is 0.262 e. The number of halogens is 1. The van der Waals surface area contributed by atoms with Gasteiger partial charge in [-0.1, -0.05) is 24.3 Å². The largest absolute Gasteiger partial charge is 0.484 e. The Kier molecular flexibility index (Phi) is 6.56. The standard InChI is InChI=1S/C21H19BrN2O4S/c1-15-5-4-6-16(13-15)24-29(26,27)18-11-9-17(10-12-18)28-14-21(25)23-20-8-3-2-7-19(20)22/h2-13,24H,14H2,1H3,(H,23,25).